The molecule has 0 radical (unpaired) electrons. The summed E-state index contributed by atoms with van der Waals surface area (Å²) in [5.74, 6) is -2.41. The number of carbonyl (C=O) groups is 3. The molecule has 3 rings (SSSR count). The molecule has 8 nitrogen and oxygen atoms in total. The zero-order valence-electron chi connectivity index (χ0n) is 13.2. The molecule has 134 valence electrons. The Morgan fingerprint density at radius 1 is 1.23 bits per heavy atom. The fourth-order valence-corrected chi connectivity index (χ4v) is 2.69. The van der Waals surface area contributed by atoms with Crippen molar-refractivity contribution in [2.75, 3.05) is 23.3 Å². The first kappa shape index (κ1) is 17.6. The van der Waals surface area contributed by atoms with Crippen molar-refractivity contribution in [1.82, 2.24) is 0 Å². The Bertz CT molecular complexity index is 914. The van der Waals surface area contributed by atoms with Gasteiger partial charge in [-0.15, -0.1) is 0 Å². The molecule has 0 unspecified atom stereocenters. The van der Waals surface area contributed by atoms with Crippen LogP contribution in [0, 0.1) is 0 Å². The Morgan fingerprint density at radius 2 is 2.00 bits per heavy atom. The van der Waals surface area contributed by atoms with Crippen LogP contribution in [0.2, 0.25) is 5.02 Å². The van der Waals surface area contributed by atoms with Gasteiger partial charge in [-0.05, 0) is 36.4 Å². The molecule has 1 heterocycles. The molecule has 0 aliphatic carbocycles. The summed E-state index contributed by atoms with van der Waals surface area (Å²) in [6.07, 6.45) is 0. The molecule has 0 saturated heterocycles. The zero-order valence-corrected chi connectivity index (χ0v) is 14.0. The Labute approximate surface area is 152 Å². The first-order chi connectivity index (χ1) is 12.3. The average molecular weight is 377 g/mol. The molecule has 2 aromatic carbocycles. The van der Waals surface area contributed by atoms with E-state index in [0.29, 0.717) is 16.5 Å². The predicted molar refractivity (Wildman–Crippen MR) is 93.0 cm³/mol. The Morgan fingerprint density at radius 3 is 2.73 bits per heavy atom. The SMILES string of the molecule is O=C(CN1CC(=O)Oc2ccc(Cl)cc21)Nc1ccc(O)c(C(=O)O)c1. The van der Waals surface area contributed by atoms with E-state index in [1.54, 1.807) is 18.2 Å². The van der Waals surface area contributed by atoms with Gasteiger partial charge in [0.05, 0.1) is 12.2 Å². The van der Waals surface area contributed by atoms with Gasteiger partial charge in [0.1, 0.15) is 17.9 Å². The summed E-state index contributed by atoms with van der Waals surface area (Å²) in [5.41, 5.74) is 0.377. The third-order valence-corrected chi connectivity index (χ3v) is 3.89. The second-order valence-corrected chi connectivity index (χ2v) is 5.96. The third-order valence-electron chi connectivity index (χ3n) is 3.65. The zero-order chi connectivity index (χ0) is 18.8. The van der Waals surface area contributed by atoms with Crippen LogP contribution in [0.3, 0.4) is 0 Å². The minimum Gasteiger partial charge on any atom is -0.507 e. The largest absolute Gasteiger partial charge is 0.507 e. The summed E-state index contributed by atoms with van der Waals surface area (Å²) in [6.45, 7) is -0.303. The van der Waals surface area contributed by atoms with E-state index in [-0.39, 0.29) is 24.3 Å². The van der Waals surface area contributed by atoms with E-state index >= 15 is 0 Å². The number of ether oxygens (including phenoxy) is 1. The van der Waals surface area contributed by atoms with Crippen molar-refractivity contribution in [3.8, 4) is 11.5 Å². The lowest BCUT2D eigenvalue weighted by Gasteiger charge is -2.29. The van der Waals surface area contributed by atoms with Gasteiger partial charge in [0.2, 0.25) is 5.91 Å². The molecule has 0 fully saturated rings. The van der Waals surface area contributed by atoms with Crippen molar-refractivity contribution in [2.24, 2.45) is 0 Å². The van der Waals surface area contributed by atoms with Gasteiger partial charge in [-0.3, -0.25) is 4.79 Å². The van der Waals surface area contributed by atoms with Gasteiger partial charge in [0.15, 0.2) is 5.75 Å². The highest BCUT2D eigenvalue weighted by Gasteiger charge is 2.26. The van der Waals surface area contributed by atoms with Gasteiger partial charge in [-0.1, -0.05) is 11.6 Å². The van der Waals surface area contributed by atoms with Gasteiger partial charge >= 0.3 is 11.9 Å². The van der Waals surface area contributed by atoms with Crippen molar-refractivity contribution in [3.05, 3.63) is 47.0 Å². The number of anilines is 2. The standard InChI is InChI=1S/C17H13ClN2O6/c18-9-1-4-14-12(5-9)20(8-16(23)26-14)7-15(22)19-10-2-3-13(21)11(6-10)17(24)25/h1-6,21H,7-8H2,(H,19,22)(H,24,25). The van der Waals surface area contributed by atoms with Crippen molar-refractivity contribution in [3.63, 3.8) is 0 Å². The molecule has 26 heavy (non-hydrogen) atoms. The van der Waals surface area contributed by atoms with Crippen LogP contribution in [0.1, 0.15) is 10.4 Å². The minimum atomic E-state index is -1.32. The van der Waals surface area contributed by atoms with Crippen LogP contribution in [0.4, 0.5) is 11.4 Å². The van der Waals surface area contributed by atoms with Gasteiger partial charge in [0.25, 0.3) is 0 Å². The van der Waals surface area contributed by atoms with Crippen LogP contribution >= 0.6 is 11.6 Å². The Balaban J connectivity index is 1.77. The van der Waals surface area contributed by atoms with Crippen LogP contribution in [-0.2, 0) is 9.59 Å². The lowest BCUT2D eigenvalue weighted by Crippen LogP contribution is -2.41. The van der Waals surface area contributed by atoms with E-state index in [0.717, 1.165) is 6.07 Å². The molecular weight excluding hydrogens is 364 g/mol. The van der Waals surface area contributed by atoms with Crippen molar-refractivity contribution >= 4 is 40.8 Å². The number of nitrogens with one attached hydrogen (secondary N) is 1. The molecule has 3 N–H and O–H groups in total. The molecule has 2 aromatic rings. The molecule has 0 aromatic heterocycles. The molecular formula is C17H13ClN2O6. The molecule has 1 amide bonds. The number of carboxylic acids is 1. The second-order valence-electron chi connectivity index (χ2n) is 5.53. The van der Waals surface area contributed by atoms with Crippen LogP contribution in [0.25, 0.3) is 0 Å². The number of carboxylic acid groups (broad SMARTS) is 1. The number of nitrogens with zero attached hydrogens (tertiary/aromatic N) is 1. The first-order valence-electron chi connectivity index (χ1n) is 7.45. The summed E-state index contributed by atoms with van der Waals surface area (Å²) in [7, 11) is 0. The number of fused-ring (bicyclic) bond motifs is 1. The van der Waals surface area contributed by atoms with E-state index in [1.165, 1.54) is 17.0 Å². The fraction of sp³-hybridized carbons (Fsp3) is 0.118. The number of carbonyl (C=O) groups excluding carboxylic acids is 2. The summed E-state index contributed by atoms with van der Waals surface area (Å²) >= 11 is 5.96. The smallest absolute Gasteiger partial charge is 0.339 e. The normalized spacial score (nSPS) is 13.0. The lowest BCUT2D eigenvalue weighted by molar-refractivity contribution is -0.133. The summed E-state index contributed by atoms with van der Waals surface area (Å²) < 4.78 is 5.11. The number of amides is 1. The molecule has 1 aliphatic heterocycles. The number of halogens is 1. The Hall–Kier alpha value is -3.26. The molecule has 0 bridgehead atoms. The number of esters is 1. The van der Waals surface area contributed by atoms with E-state index in [2.05, 4.69) is 5.32 Å². The first-order valence-corrected chi connectivity index (χ1v) is 7.82. The number of hydrogen-bond acceptors (Lipinski definition) is 6. The molecule has 9 heteroatoms. The summed E-state index contributed by atoms with van der Waals surface area (Å²) in [6, 6.07) is 8.38. The van der Waals surface area contributed by atoms with Crippen molar-refractivity contribution < 1.29 is 29.3 Å². The summed E-state index contributed by atoms with van der Waals surface area (Å²) in [5, 5.41) is 21.5. The highest BCUT2D eigenvalue weighted by molar-refractivity contribution is 6.31. The van der Waals surface area contributed by atoms with E-state index in [9.17, 15) is 19.5 Å². The highest BCUT2D eigenvalue weighted by Crippen LogP contribution is 2.34. The third kappa shape index (κ3) is 3.70. The molecule has 0 atom stereocenters. The predicted octanol–water partition coefficient (Wildman–Crippen LogP) is 2.11. The van der Waals surface area contributed by atoms with Crippen LogP contribution in [0.5, 0.6) is 11.5 Å². The van der Waals surface area contributed by atoms with E-state index < -0.39 is 23.6 Å². The van der Waals surface area contributed by atoms with Crippen molar-refractivity contribution in [1.29, 1.82) is 0 Å². The van der Waals surface area contributed by atoms with Crippen molar-refractivity contribution in [2.45, 2.75) is 0 Å². The molecule has 0 spiro atoms. The summed E-state index contributed by atoms with van der Waals surface area (Å²) in [4.78, 5) is 36.5. The maximum absolute atomic E-state index is 12.3. The number of rotatable bonds is 4. The number of phenols is 1. The number of benzene rings is 2. The van der Waals surface area contributed by atoms with Crippen LogP contribution < -0.4 is 15.0 Å². The van der Waals surface area contributed by atoms with E-state index in [1.807, 2.05) is 0 Å². The highest BCUT2D eigenvalue weighted by atomic mass is 35.5. The number of aromatic carboxylic acids is 1. The van der Waals surface area contributed by atoms with Gasteiger partial charge in [-0.2, -0.15) is 0 Å². The number of hydrogen-bond donors (Lipinski definition) is 3. The maximum Gasteiger partial charge on any atom is 0.339 e. The minimum absolute atomic E-state index is 0.128. The van der Waals surface area contributed by atoms with E-state index in [4.69, 9.17) is 21.4 Å². The van der Waals surface area contributed by atoms with Crippen LogP contribution in [0.15, 0.2) is 36.4 Å². The maximum atomic E-state index is 12.3. The second kappa shape index (κ2) is 6.93. The Kier molecular flexibility index (Phi) is 4.68. The van der Waals surface area contributed by atoms with Gasteiger partial charge in [0, 0.05) is 10.7 Å². The van der Waals surface area contributed by atoms with Gasteiger partial charge < -0.3 is 25.2 Å². The quantitative estimate of drug-likeness (QED) is 0.425. The lowest BCUT2D eigenvalue weighted by atomic mass is 10.1. The average Bonchev–Trinajstić information content (AvgIpc) is 2.57. The molecule has 0 saturated carbocycles. The molecule has 1 aliphatic rings. The number of aromatic hydroxyl groups is 1. The van der Waals surface area contributed by atoms with Crippen LogP contribution in [-0.4, -0.2) is 41.1 Å². The van der Waals surface area contributed by atoms with Gasteiger partial charge in [-0.25, -0.2) is 9.59 Å². The fourth-order valence-electron chi connectivity index (χ4n) is 2.52. The topological polar surface area (TPSA) is 116 Å². The monoisotopic (exact) mass is 376 g/mol.